The van der Waals surface area contributed by atoms with E-state index in [1.807, 2.05) is 13.8 Å². The monoisotopic (exact) mass is 226 g/mol. The predicted octanol–water partition coefficient (Wildman–Crippen LogP) is 2.20. The molecule has 3 nitrogen and oxygen atoms in total. The standard InChI is InChI=1S/C13H26N2O/c1-10(14)9-11(2)15-13(16)12-7-5-3-4-6-8-12/h10-12H,3-9,14H2,1-2H3,(H,15,16). The van der Waals surface area contributed by atoms with E-state index >= 15 is 0 Å². The van der Waals surface area contributed by atoms with Gasteiger partial charge in [0.2, 0.25) is 5.91 Å². The molecule has 0 saturated heterocycles. The first-order valence-electron chi connectivity index (χ1n) is 6.65. The molecule has 0 aromatic rings. The summed E-state index contributed by atoms with van der Waals surface area (Å²) >= 11 is 0. The van der Waals surface area contributed by atoms with Crippen molar-refractivity contribution in [3.8, 4) is 0 Å². The maximum Gasteiger partial charge on any atom is 0.223 e. The number of amides is 1. The zero-order valence-electron chi connectivity index (χ0n) is 10.7. The van der Waals surface area contributed by atoms with E-state index in [4.69, 9.17) is 5.73 Å². The number of rotatable bonds is 4. The second-order valence-corrected chi connectivity index (χ2v) is 5.31. The summed E-state index contributed by atoms with van der Waals surface area (Å²) in [6.45, 7) is 4.02. The Labute approximate surface area is 99.2 Å². The van der Waals surface area contributed by atoms with Crippen molar-refractivity contribution in [3.05, 3.63) is 0 Å². The van der Waals surface area contributed by atoms with Crippen LogP contribution in [0.2, 0.25) is 0 Å². The van der Waals surface area contributed by atoms with Gasteiger partial charge in [-0.2, -0.15) is 0 Å². The topological polar surface area (TPSA) is 55.1 Å². The summed E-state index contributed by atoms with van der Waals surface area (Å²) < 4.78 is 0. The second-order valence-electron chi connectivity index (χ2n) is 5.31. The van der Waals surface area contributed by atoms with Gasteiger partial charge < -0.3 is 11.1 Å². The molecule has 0 heterocycles. The maximum atomic E-state index is 12.0. The predicted molar refractivity (Wildman–Crippen MR) is 67.1 cm³/mol. The Balaban J connectivity index is 2.32. The minimum atomic E-state index is 0.157. The average molecular weight is 226 g/mol. The van der Waals surface area contributed by atoms with Crippen molar-refractivity contribution in [1.82, 2.24) is 5.32 Å². The van der Waals surface area contributed by atoms with Crippen molar-refractivity contribution >= 4 is 5.91 Å². The third-order valence-corrected chi connectivity index (χ3v) is 3.34. The van der Waals surface area contributed by atoms with Crippen LogP contribution in [0.4, 0.5) is 0 Å². The van der Waals surface area contributed by atoms with Crippen LogP contribution in [0.1, 0.15) is 58.8 Å². The van der Waals surface area contributed by atoms with Crippen molar-refractivity contribution in [2.24, 2.45) is 11.7 Å². The minimum Gasteiger partial charge on any atom is -0.353 e. The van der Waals surface area contributed by atoms with Crippen LogP contribution in [-0.2, 0) is 4.79 Å². The molecule has 3 N–H and O–H groups in total. The van der Waals surface area contributed by atoms with Gasteiger partial charge in [0.15, 0.2) is 0 Å². The molecule has 2 atom stereocenters. The van der Waals surface area contributed by atoms with Gasteiger partial charge in [0.25, 0.3) is 0 Å². The van der Waals surface area contributed by atoms with Crippen LogP contribution in [0.25, 0.3) is 0 Å². The van der Waals surface area contributed by atoms with E-state index in [1.165, 1.54) is 25.7 Å². The molecule has 0 bridgehead atoms. The molecule has 94 valence electrons. The number of nitrogens with one attached hydrogen (secondary N) is 1. The maximum absolute atomic E-state index is 12.0. The van der Waals surface area contributed by atoms with Crippen LogP contribution in [0.15, 0.2) is 0 Å². The lowest BCUT2D eigenvalue weighted by Gasteiger charge is -2.20. The smallest absolute Gasteiger partial charge is 0.223 e. The van der Waals surface area contributed by atoms with Gasteiger partial charge in [-0.3, -0.25) is 4.79 Å². The molecular formula is C13H26N2O. The molecule has 0 aromatic heterocycles. The molecule has 3 heteroatoms. The van der Waals surface area contributed by atoms with Crippen LogP contribution in [0.5, 0.6) is 0 Å². The van der Waals surface area contributed by atoms with Crippen LogP contribution in [-0.4, -0.2) is 18.0 Å². The average Bonchev–Trinajstić information content (AvgIpc) is 2.43. The fourth-order valence-electron chi connectivity index (χ4n) is 2.52. The normalized spacial score (nSPS) is 22.2. The van der Waals surface area contributed by atoms with Gasteiger partial charge >= 0.3 is 0 Å². The van der Waals surface area contributed by atoms with E-state index in [9.17, 15) is 4.79 Å². The first-order chi connectivity index (χ1) is 7.59. The molecule has 0 spiro atoms. The van der Waals surface area contributed by atoms with E-state index < -0.39 is 0 Å². The Morgan fingerprint density at radius 3 is 2.31 bits per heavy atom. The Morgan fingerprint density at radius 1 is 1.25 bits per heavy atom. The molecule has 1 aliphatic carbocycles. The fraction of sp³-hybridized carbons (Fsp3) is 0.923. The summed E-state index contributed by atoms with van der Waals surface area (Å²) in [7, 11) is 0. The molecule has 1 saturated carbocycles. The molecule has 1 fully saturated rings. The summed E-state index contributed by atoms with van der Waals surface area (Å²) in [6, 6.07) is 0.361. The van der Waals surface area contributed by atoms with Crippen molar-refractivity contribution in [2.75, 3.05) is 0 Å². The van der Waals surface area contributed by atoms with E-state index in [0.717, 1.165) is 19.3 Å². The lowest BCUT2D eigenvalue weighted by Crippen LogP contribution is -2.39. The number of nitrogens with two attached hydrogens (primary N) is 1. The third-order valence-electron chi connectivity index (χ3n) is 3.34. The Hall–Kier alpha value is -0.570. The van der Waals surface area contributed by atoms with Crippen molar-refractivity contribution in [3.63, 3.8) is 0 Å². The first kappa shape index (κ1) is 13.5. The van der Waals surface area contributed by atoms with E-state index in [2.05, 4.69) is 5.32 Å². The highest BCUT2D eigenvalue weighted by atomic mass is 16.1. The summed E-state index contributed by atoms with van der Waals surface area (Å²) in [5, 5.41) is 3.09. The Bertz CT molecular complexity index is 208. The number of hydrogen-bond donors (Lipinski definition) is 2. The van der Waals surface area contributed by atoms with E-state index in [1.54, 1.807) is 0 Å². The SMILES string of the molecule is CC(N)CC(C)NC(=O)C1CCCCCC1. The van der Waals surface area contributed by atoms with Gasteiger partial charge in [-0.25, -0.2) is 0 Å². The van der Waals surface area contributed by atoms with Gasteiger partial charge in [0.1, 0.15) is 0 Å². The first-order valence-corrected chi connectivity index (χ1v) is 6.65. The molecule has 0 aliphatic heterocycles. The highest BCUT2D eigenvalue weighted by Gasteiger charge is 2.21. The molecular weight excluding hydrogens is 200 g/mol. The quantitative estimate of drug-likeness (QED) is 0.722. The Morgan fingerprint density at radius 2 is 1.81 bits per heavy atom. The fourth-order valence-corrected chi connectivity index (χ4v) is 2.52. The van der Waals surface area contributed by atoms with Crippen LogP contribution in [0, 0.1) is 5.92 Å². The third kappa shape index (κ3) is 4.97. The van der Waals surface area contributed by atoms with Gasteiger partial charge in [0, 0.05) is 18.0 Å². The highest BCUT2D eigenvalue weighted by molar-refractivity contribution is 5.78. The largest absolute Gasteiger partial charge is 0.353 e. The summed E-state index contributed by atoms with van der Waals surface area (Å²) in [5.74, 6) is 0.494. The molecule has 0 radical (unpaired) electrons. The van der Waals surface area contributed by atoms with E-state index in [-0.39, 0.29) is 23.9 Å². The van der Waals surface area contributed by atoms with Crippen molar-refractivity contribution in [2.45, 2.75) is 70.9 Å². The van der Waals surface area contributed by atoms with Gasteiger partial charge in [0.05, 0.1) is 0 Å². The molecule has 2 unspecified atom stereocenters. The minimum absolute atomic E-state index is 0.157. The molecule has 1 rings (SSSR count). The van der Waals surface area contributed by atoms with E-state index in [0.29, 0.717) is 0 Å². The number of hydrogen-bond acceptors (Lipinski definition) is 2. The van der Waals surface area contributed by atoms with Crippen LogP contribution >= 0.6 is 0 Å². The molecule has 0 aromatic carbocycles. The lowest BCUT2D eigenvalue weighted by molar-refractivity contribution is -0.126. The van der Waals surface area contributed by atoms with Crippen LogP contribution in [0.3, 0.4) is 0 Å². The molecule has 1 aliphatic rings. The van der Waals surface area contributed by atoms with Crippen molar-refractivity contribution < 1.29 is 4.79 Å². The van der Waals surface area contributed by atoms with Gasteiger partial charge in [-0.05, 0) is 33.1 Å². The lowest BCUT2D eigenvalue weighted by atomic mass is 9.98. The summed E-state index contributed by atoms with van der Waals surface area (Å²) in [4.78, 5) is 12.0. The van der Waals surface area contributed by atoms with Gasteiger partial charge in [-0.1, -0.05) is 25.7 Å². The Kier molecular flexibility index (Phi) is 5.81. The molecule has 16 heavy (non-hydrogen) atoms. The van der Waals surface area contributed by atoms with Gasteiger partial charge in [-0.15, -0.1) is 0 Å². The zero-order valence-corrected chi connectivity index (χ0v) is 10.7. The van der Waals surface area contributed by atoms with Crippen molar-refractivity contribution in [1.29, 1.82) is 0 Å². The number of carbonyl (C=O) groups is 1. The summed E-state index contributed by atoms with van der Waals surface area (Å²) in [6.07, 6.45) is 7.99. The molecule has 1 amide bonds. The highest BCUT2D eigenvalue weighted by Crippen LogP contribution is 2.23. The summed E-state index contributed by atoms with van der Waals surface area (Å²) in [5.41, 5.74) is 5.72. The van der Waals surface area contributed by atoms with Crippen LogP contribution < -0.4 is 11.1 Å². The number of carbonyl (C=O) groups excluding carboxylic acids is 1. The second kappa shape index (κ2) is 6.89. The zero-order chi connectivity index (χ0) is 12.0.